The summed E-state index contributed by atoms with van der Waals surface area (Å²) in [6.07, 6.45) is 0.719. The summed E-state index contributed by atoms with van der Waals surface area (Å²) in [5.74, 6) is -0.458. The van der Waals surface area contributed by atoms with Gasteiger partial charge in [0.2, 0.25) is 5.91 Å². The van der Waals surface area contributed by atoms with E-state index in [0.29, 0.717) is 18.7 Å². The third-order valence-corrected chi connectivity index (χ3v) is 4.15. The van der Waals surface area contributed by atoms with E-state index in [2.05, 4.69) is 10.3 Å². The second-order valence-electron chi connectivity index (χ2n) is 5.26. The molecule has 3 N–H and O–H groups in total. The zero-order valence-electron chi connectivity index (χ0n) is 13.2. The van der Waals surface area contributed by atoms with Crippen LogP contribution in [0.5, 0.6) is 0 Å². The molecule has 1 aromatic carbocycles. The van der Waals surface area contributed by atoms with E-state index in [1.165, 1.54) is 0 Å². The molecule has 0 bridgehead atoms. The number of aromatic nitrogens is 1. The monoisotopic (exact) mass is 332 g/mol. The highest BCUT2D eigenvalue weighted by atomic mass is 32.1. The van der Waals surface area contributed by atoms with E-state index < -0.39 is 5.91 Å². The molecule has 3 amide bonds. The van der Waals surface area contributed by atoms with Crippen molar-refractivity contribution >= 4 is 23.3 Å². The average Bonchev–Trinajstić information content (AvgIpc) is 2.93. The molecule has 122 valence electrons. The van der Waals surface area contributed by atoms with Gasteiger partial charge in [-0.1, -0.05) is 12.1 Å². The normalized spacial score (nSPS) is 10.3. The van der Waals surface area contributed by atoms with Crippen LogP contribution in [0, 0.1) is 6.92 Å². The molecule has 1 aromatic heterocycles. The van der Waals surface area contributed by atoms with E-state index in [1.807, 2.05) is 12.3 Å². The van der Waals surface area contributed by atoms with Crippen molar-refractivity contribution in [2.45, 2.75) is 19.9 Å². The number of rotatable bonds is 6. The van der Waals surface area contributed by atoms with Gasteiger partial charge in [0.05, 0.1) is 10.7 Å². The van der Waals surface area contributed by atoms with Gasteiger partial charge >= 0.3 is 6.03 Å². The Bertz CT molecular complexity index is 682. The van der Waals surface area contributed by atoms with Gasteiger partial charge in [0.15, 0.2) is 0 Å². The number of hydrogen-bond acceptors (Lipinski definition) is 4. The van der Waals surface area contributed by atoms with Gasteiger partial charge in [0, 0.05) is 37.5 Å². The van der Waals surface area contributed by atoms with Gasteiger partial charge < -0.3 is 16.0 Å². The number of urea groups is 1. The highest BCUT2D eigenvalue weighted by molar-refractivity contribution is 7.09. The molecule has 2 rings (SSSR count). The summed E-state index contributed by atoms with van der Waals surface area (Å²) >= 11 is 1.61. The third kappa shape index (κ3) is 5.07. The zero-order chi connectivity index (χ0) is 16.8. The Morgan fingerprint density at radius 1 is 1.30 bits per heavy atom. The number of primary amides is 1. The first-order valence-corrected chi connectivity index (χ1v) is 8.12. The number of hydrogen-bond donors (Lipinski definition) is 2. The number of aryl methyl sites for hydroxylation is 1. The topological polar surface area (TPSA) is 88.3 Å². The first kappa shape index (κ1) is 17.0. The minimum atomic E-state index is -0.458. The van der Waals surface area contributed by atoms with Crippen LogP contribution in [0.3, 0.4) is 0 Å². The van der Waals surface area contributed by atoms with Crippen molar-refractivity contribution in [2.24, 2.45) is 5.73 Å². The van der Waals surface area contributed by atoms with Crippen LogP contribution in [0.4, 0.5) is 4.79 Å². The van der Waals surface area contributed by atoms with E-state index in [1.54, 1.807) is 47.5 Å². The molecular weight excluding hydrogens is 312 g/mol. The second kappa shape index (κ2) is 7.73. The maximum Gasteiger partial charge on any atom is 0.317 e. The van der Waals surface area contributed by atoms with Gasteiger partial charge in [-0.2, -0.15) is 0 Å². The number of nitrogens with one attached hydrogen (secondary N) is 1. The van der Waals surface area contributed by atoms with Gasteiger partial charge in [-0.15, -0.1) is 11.3 Å². The van der Waals surface area contributed by atoms with Crippen LogP contribution in [0.25, 0.3) is 0 Å². The fourth-order valence-electron chi connectivity index (χ4n) is 2.08. The molecular formula is C16H20N4O2S. The third-order valence-electron chi connectivity index (χ3n) is 3.33. The summed E-state index contributed by atoms with van der Waals surface area (Å²) < 4.78 is 0. The average molecular weight is 332 g/mol. The van der Waals surface area contributed by atoms with Crippen molar-refractivity contribution in [2.75, 3.05) is 13.6 Å². The molecule has 6 nitrogen and oxygen atoms in total. The van der Waals surface area contributed by atoms with Gasteiger partial charge in [-0.25, -0.2) is 9.78 Å². The Morgan fingerprint density at radius 2 is 2.00 bits per heavy atom. The second-order valence-corrected chi connectivity index (χ2v) is 6.32. The Hall–Kier alpha value is -2.41. The van der Waals surface area contributed by atoms with Crippen LogP contribution in [0.2, 0.25) is 0 Å². The summed E-state index contributed by atoms with van der Waals surface area (Å²) in [6.45, 7) is 2.97. The maximum atomic E-state index is 12.0. The highest BCUT2D eigenvalue weighted by Gasteiger charge is 2.09. The van der Waals surface area contributed by atoms with Crippen LogP contribution in [-0.2, 0) is 13.0 Å². The lowest BCUT2D eigenvalue weighted by molar-refractivity contribution is 0.1000. The fourth-order valence-corrected chi connectivity index (χ4v) is 2.72. The Balaban J connectivity index is 1.78. The first-order valence-electron chi connectivity index (χ1n) is 7.24. The number of amides is 3. The minimum absolute atomic E-state index is 0.143. The largest absolute Gasteiger partial charge is 0.366 e. The standard InChI is InChI=1S/C16H20N4O2S/c1-11-19-14(10-23-11)7-8-18-16(22)20(2)9-12-3-5-13(6-4-12)15(17)21/h3-6,10H,7-9H2,1-2H3,(H2,17,21)(H,18,22). The summed E-state index contributed by atoms with van der Waals surface area (Å²) in [5, 5.41) is 5.90. The number of nitrogens with zero attached hydrogens (tertiary/aromatic N) is 2. The molecule has 0 fully saturated rings. The molecule has 0 unspecified atom stereocenters. The van der Waals surface area contributed by atoms with Crippen molar-refractivity contribution in [1.29, 1.82) is 0 Å². The van der Waals surface area contributed by atoms with E-state index in [-0.39, 0.29) is 6.03 Å². The maximum absolute atomic E-state index is 12.0. The molecule has 0 aliphatic carbocycles. The van der Waals surface area contributed by atoms with E-state index in [4.69, 9.17) is 5.73 Å². The lowest BCUT2D eigenvalue weighted by Crippen LogP contribution is -2.37. The Morgan fingerprint density at radius 3 is 2.57 bits per heavy atom. The van der Waals surface area contributed by atoms with E-state index in [9.17, 15) is 9.59 Å². The number of nitrogens with two attached hydrogens (primary N) is 1. The predicted octanol–water partition coefficient (Wildman–Crippen LogP) is 1.93. The van der Waals surface area contributed by atoms with E-state index >= 15 is 0 Å². The van der Waals surface area contributed by atoms with Gasteiger partial charge in [0.1, 0.15) is 0 Å². The lowest BCUT2D eigenvalue weighted by atomic mass is 10.1. The number of thiazole rings is 1. The zero-order valence-corrected chi connectivity index (χ0v) is 14.0. The molecule has 0 radical (unpaired) electrons. The molecule has 2 aromatic rings. The van der Waals surface area contributed by atoms with Crippen molar-refractivity contribution < 1.29 is 9.59 Å². The number of carbonyl (C=O) groups excluding carboxylic acids is 2. The molecule has 0 saturated carbocycles. The van der Waals surface area contributed by atoms with Crippen LogP contribution in [0.1, 0.15) is 26.6 Å². The van der Waals surface area contributed by atoms with Crippen molar-refractivity contribution in [3.8, 4) is 0 Å². The fraction of sp³-hybridized carbons (Fsp3) is 0.312. The molecule has 7 heteroatoms. The summed E-state index contributed by atoms with van der Waals surface area (Å²) in [6, 6.07) is 6.77. The van der Waals surface area contributed by atoms with Gasteiger partial charge in [-0.3, -0.25) is 4.79 Å². The Labute approximate surface area is 139 Å². The number of carbonyl (C=O) groups is 2. The van der Waals surface area contributed by atoms with Crippen molar-refractivity contribution in [1.82, 2.24) is 15.2 Å². The predicted molar refractivity (Wildman–Crippen MR) is 90.4 cm³/mol. The molecule has 0 spiro atoms. The highest BCUT2D eigenvalue weighted by Crippen LogP contribution is 2.08. The summed E-state index contributed by atoms with van der Waals surface area (Å²) in [4.78, 5) is 29.0. The van der Waals surface area contributed by atoms with Crippen LogP contribution >= 0.6 is 11.3 Å². The first-order chi connectivity index (χ1) is 11.0. The van der Waals surface area contributed by atoms with Gasteiger partial charge in [-0.05, 0) is 24.6 Å². The lowest BCUT2D eigenvalue weighted by Gasteiger charge is -2.18. The number of benzene rings is 1. The Kier molecular flexibility index (Phi) is 5.70. The quantitative estimate of drug-likeness (QED) is 0.847. The minimum Gasteiger partial charge on any atom is -0.366 e. The van der Waals surface area contributed by atoms with Crippen LogP contribution < -0.4 is 11.1 Å². The molecule has 0 atom stereocenters. The van der Waals surface area contributed by atoms with Crippen molar-refractivity contribution in [3.63, 3.8) is 0 Å². The van der Waals surface area contributed by atoms with Crippen molar-refractivity contribution in [3.05, 3.63) is 51.5 Å². The summed E-state index contributed by atoms with van der Waals surface area (Å²) in [7, 11) is 1.73. The molecule has 23 heavy (non-hydrogen) atoms. The molecule has 0 aliphatic rings. The molecule has 0 aliphatic heterocycles. The van der Waals surface area contributed by atoms with Gasteiger partial charge in [0.25, 0.3) is 0 Å². The van der Waals surface area contributed by atoms with Crippen LogP contribution in [-0.4, -0.2) is 35.4 Å². The van der Waals surface area contributed by atoms with Crippen LogP contribution in [0.15, 0.2) is 29.6 Å². The smallest absolute Gasteiger partial charge is 0.317 e. The molecule has 0 saturated heterocycles. The molecule has 1 heterocycles. The SMILES string of the molecule is Cc1nc(CCNC(=O)N(C)Cc2ccc(C(N)=O)cc2)cs1. The van der Waals surface area contributed by atoms with E-state index in [0.717, 1.165) is 22.7 Å². The summed E-state index contributed by atoms with van der Waals surface area (Å²) in [5.41, 5.74) is 7.59.